The highest BCUT2D eigenvalue weighted by atomic mass is 16.5. The Balaban J connectivity index is 1.53. The minimum atomic E-state index is -0.917. The molecule has 1 aliphatic rings. The van der Waals surface area contributed by atoms with Crippen LogP contribution in [0.25, 0.3) is 5.82 Å². The number of carbonyl (C=O) groups excluding carboxylic acids is 1. The van der Waals surface area contributed by atoms with Crippen molar-refractivity contribution in [3.05, 3.63) is 65.6 Å². The van der Waals surface area contributed by atoms with Crippen molar-refractivity contribution in [1.29, 1.82) is 0 Å². The molecule has 0 atom stereocenters. The number of pyridine rings is 1. The van der Waals surface area contributed by atoms with Crippen molar-refractivity contribution in [2.75, 3.05) is 0 Å². The molecule has 24 heavy (non-hydrogen) atoms. The van der Waals surface area contributed by atoms with E-state index in [9.17, 15) is 9.82 Å². The van der Waals surface area contributed by atoms with Gasteiger partial charge in [-0.2, -0.15) is 0 Å². The molecule has 0 spiro atoms. The first-order valence-electron chi connectivity index (χ1n) is 7.49. The van der Waals surface area contributed by atoms with E-state index in [1.165, 1.54) is 4.68 Å². The van der Waals surface area contributed by atoms with E-state index in [1.807, 2.05) is 18.2 Å². The Morgan fingerprint density at radius 2 is 2.25 bits per heavy atom. The van der Waals surface area contributed by atoms with Crippen molar-refractivity contribution in [2.24, 2.45) is 0 Å². The van der Waals surface area contributed by atoms with Gasteiger partial charge >= 0.3 is 7.12 Å². The van der Waals surface area contributed by atoms with Crippen LogP contribution in [-0.4, -0.2) is 37.9 Å². The third-order valence-corrected chi connectivity index (χ3v) is 3.90. The molecular formula is C16H13BN4O3. The van der Waals surface area contributed by atoms with Crippen LogP contribution in [0.3, 0.4) is 0 Å². The number of fused-ring (bicyclic) bond motifs is 1. The Morgan fingerprint density at radius 1 is 1.33 bits per heavy atom. The van der Waals surface area contributed by atoms with Gasteiger partial charge in [-0.3, -0.25) is 4.79 Å². The molecule has 0 unspecified atom stereocenters. The molecule has 7 nitrogen and oxygen atoms in total. The maximum Gasteiger partial charge on any atom is 0.491 e. The molecule has 1 aromatic carbocycles. The van der Waals surface area contributed by atoms with Crippen LogP contribution in [0.2, 0.25) is 0 Å². The normalized spacial score (nSPS) is 13.1. The number of hydrogen-bond donors (Lipinski definition) is 1. The fraction of sp³-hybridized carbons (Fsp3) is 0.125. The fourth-order valence-corrected chi connectivity index (χ4v) is 2.64. The summed E-state index contributed by atoms with van der Waals surface area (Å²) in [6.07, 6.45) is 3.40. The van der Waals surface area contributed by atoms with Crippen molar-refractivity contribution in [2.45, 2.75) is 13.0 Å². The van der Waals surface area contributed by atoms with Crippen molar-refractivity contribution in [3.63, 3.8) is 0 Å². The number of rotatable bonds is 4. The maximum atomic E-state index is 12.4. The zero-order chi connectivity index (χ0) is 16.5. The van der Waals surface area contributed by atoms with E-state index >= 15 is 0 Å². The number of hydrogen-bond acceptors (Lipinski definition) is 6. The van der Waals surface area contributed by atoms with Crippen molar-refractivity contribution in [1.82, 2.24) is 20.0 Å². The number of aromatic nitrogens is 4. The van der Waals surface area contributed by atoms with E-state index in [4.69, 9.17) is 4.65 Å². The number of carbonyl (C=O) groups is 1. The predicted octanol–water partition coefficient (Wildman–Crippen LogP) is 0.305. The maximum absolute atomic E-state index is 12.4. The highest BCUT2D eigenvalue weighted by molar-refractivity contribution is 6.61. The van der Waals surface area contributed by atoms with Crippen LogP contribution in [0, 0.1) is 0 Å². The van der Waals surface area contributed by atoms with Gasteiger partial charge in [-0.15, -0.1) is 5.10 Å². The molecule has 1 N–H and O–H groups in total. The average molecular weight is 320 g/mol. The SMILES string of the molecule is O=C(Cc1ccc2c(c1)B(O)OC2)c1cn(-c2ccccn2)nn1. The summed E-state index contributed by atoms with van der Waals surface area (Å²) in [5.74, 6) is 0.451. The van der Waals surface area contributed by atoms with Crippen molar-refractivity contribution in [3.8, 4) is 5.82 Å². The van der Waals surface area contributed by atoms with Gasteiger partial charge in [-0.1, -0.05) is 29.5 Å². The lowest BCUT2D eigenvalue weighted by Gasteiger charge is -2.03. The van der Waals surface area contributed by atoms with Crippen LogP contribution >= 0.6 is 0 Å². The Morgan fingerprint density at radius 3 is 3.08 bits per heavy atom. The first-order chi connectivity index (χ1) is 11.7. The van der Waals surface area contributed by atoms with Crippen LogP contribution in [0.5, 0.6) is 0 Å². The Bertz CT molecular complexity index is 897. The third kappa shape index (κ3) is 2.73. The zero-order valence-corrected chi connectivity index (χ0v) is 12.7. The van der Waals surface area contributed by atoms with E-state index in [-0.39, 0.29) is 17.9 Å². The lowest BCUT2D eigenvalue weighted by atomic mass is 9.78. The second-order valence-electron chi connectivity index (χ2n) is 5.53. The molecule has 3 heterocycles. The van der Waals surface area contributed by atoms with Crippen LogP contribution in [-0.2, 0) is 17.7 Å². The van der Waals surface area contributed by atoms with Crippen molar-refractivity contribution < 1.29 is 14.5 Å². The minimum absolute atomic E-state index is 0.148. The average Bonchev–Trinajstić information content (AvgIpc) is 3.24. The smallest absolute Gasteiger partial charge is 0.423 e. The number of Topliss-reactive ketones (excluding diaryl/α,β-unsaturated/α-hetero) is 1. The van der Waals surface area contributed by atoms with Gasteiger partial charge in [0.05, 0.1) is 12.8 Å². The molecule has 8 heteroatoms. The molecule has 0 amide bonds. The van der Waals surface area contributed by atoms with Gasteiger partial charge in [0.2, 0.25) is 0 Å². The summed E-state index contributed by atoms with van der Waals surface area (Å²) in [7, 11) is -0.917. The Labute approximate surface area is 138 Å². The number of benzene rings is 1. The van der Waals surface area contributed by atoms with E-state index in [2.05, 4.69) is 15.3 Å². The summed E-state index contributed by atoms with van der Waals surface area (Å²) >= 11 is 0. The van der Waals surface area contributed by atoms with E-state index in [0.29, 0.717) is 12.4 Å². The highest BCUT2D eigenvalue weighted by Crippen LogP contribution is 2.13. The summed E-state index contributed by atoms with van der Waals surface area (Å²) < 4.78 is 6.62. The molecule has 4 rings (SSSR count). The number of ketones is 1. The van der Waals surface area contributed by atoms with Gasteiger partial charge in [0.15, 0.2) is 11.6 Å². The molecule has 118 valence electrons. The molecule has 0 saturated heterocycles. The third-order valence-electron chi connectivity index (χ3n) is 3.90. The van der Waals surface area contributed by atoms with E-state index in [0.717, 1.165) is 16.6 Å². The van der Waals surface area contributed by atoms with Gasteiger partial charge in [0, 0.05) is 12.6 Å². The summed E-state index contributed by atoms with van der Waals surface area (Å²) in [4.78, 5) is 16.6. The fourth-order valence-electron chi connectivity index (χ4n) is 2.64. The summed E-state index contributed by atoms with van der Waals surface area (Å²) in [6.45, 7) is 0.392. The lowest BCUT2D eigenvalue weighted by molar-refractivity contribution is 0.0988. The molecule has 0 bridgehead atoms. The van der Waals surface area contributed by atoms with Gasteiger partial charge < -0.3 is 9.68 Å². The first-order valence-corrected chi connectivity index (χ1v) is 7.49. The van der Waals surface area contributed by atoms with Crippen LogP contribution in [0.15, 0.2) is 48.8 Å². The largest absolute Gasteiger partial charge is 0.491 e. The van der Waals surface area contributed by atoms with Crippen LogP contribution in [0.4, 0.5) is 0 Å². The minimum Gasteiger partial charge on any atom is -0.423 e. The van der Waals surface area contributed by atoms with E-state index in [1.54, 1.807) is 30.6 Å². The molecule has 0 fully saturated rings. The lowest BCUT2D eigenvalue weighted by Crippen LogP contribution is -2.28. The van der Waals surface area contributed by atoms with Gasteiger partial charge in [0.1, 0.15) is 5.69 Å². The van der Waals surface area contributed by atoms with E-state index < -0.39 is 7.12 Å². The molecular weight excluding hydrogens is 307 g/mol. The topological polar surface area (TPSA) is 90.1 Å². The summed E-state index contributed by atoms with van der Waals surface area (Å²) in [6, 6.07) is 11.0. The quantitative estimate of drug-likeness (QED) is 0.549. The predicted molar refractivity (Wildman–Crippen MR) is 86.0 cm³/mol. The summed E-state index contributed by atoms with van der Waals surface area (Å²) in [5, 5.41) is 17.6. The standard InChI is InChI=1S/C16H13BN4O3/c22-15(8-11-4-5-12-10-24-17(23)13(12)7-11)14-9-21(20-19-14)16-3-1-2-6-18-16/h1-7,9,23H,8,10H2. The Kier molecular flexibility index (Phi) is 3.68. The molecule has 1 aliphatic heterocycles. The second-order valence-corrected chi connectivity index (χ2v) is 5.53. The highest BCUT2D eigenvalue weighted by Gasteiger charge is 2.27. The molecule has 0 saturated carbocycles. The molecule has 3 aromatic rings. The summed E-state index contributed by atoms with van der Waals surface area (Å²) in [5.41, 5.74) is 2.74. The second kappa shape index (κ2) is 5.99. The van der Waals surface area contributed by atoms with Gasteiger partial charge in [-0.25, -0.2) is 9.67 Å². The molecule has 2 aromatic heterocycles. The molecule has 0 radical (unpaired) electrons. The van der Waals surface area contributed by atoms with Crippen LogP contribution < -0.4 is 5.46 Å². The van der Waals surface area contributed by atoms with Crippen LogP contribution in [0.1, 0.15) is 21.6 Å². The zero-order valence-electron chi connectivity index (χ0n) is 12.7. The monoisotopic (exact) mass is 320 g/mol. The van der Waals surface area contributed by atoms with Crippen molar-refractivity contribution >= 4 is 18.4 Å². The first kappa shape index (κ1) is 14.7. The molecule has 0 aliphatic carbocycles. The van der Waals surface area contributed by atoms with Gasteiger partial charge in [-0.05, 0) is 28.7 Å². The Hall–Kier alpha value is -2.84. The number of nitrogens with zero attached hydrogens (tertiary/aromatic N) is 4. The van der Waals surface area contributed by atoms with Gasteiger partial charge in [0.25, 0.3) is 0 Å².